The fraction of sp³-hybridized carbons (Fsp3) is 0.125. The number of para-hydroxylation sites is 1. The molecule has 0 spiro atoms. The second-order valence-corrected chi connectivity index (χ2v) is 4.69. The maximum absolute atomic E-state index is 11.7. The van der Waals surface area contributed by atoms with E-state index < -0.39 is 4.92 Å². The summed E-state index contributed by atoms with van der Waals surface area (Å²) >= 11 is 0. The number of hydrazone groups is 1. The Hall–Kier alpha value is -3.42. The van der Waals surface area contributed by atoms with Crippen molar-refractivity contribution >= 4 is 23.5 Å². The Balaban J connectivity index is 1.88. The summed E-state index contributed by atoms with van der Waals surface area (Å²) in [5.74, 6) is 0.294. The van der Waals surface area contributed by atoms with E-state index >= 15 is 0 Å². The van der Waals surface area contributed by atoms with Crippen LogP contribution in [0.2, 0.25) is 0 Å². The first kappa shape index (κ1) is 16.9. The van der Waals surface area contributed by atoms with E-state index in [1.807, 2.05) is 0 Å². The molecule has 2 N–H and O–H groups in total. The Morgan fingerprint density at radius 3 is 2.83 bits per heavy atom. The number of hydrogen-bond acceptors (Lipinski definition) is 6. The van der Waals surface area contributed by atoms with Crippen LogP contribution in [0.1, 0.15) is 5.56 Å². The van der Waals surface area contributed by atoms with Crippen LogP contribution in [0.3, 0.4) is 0 Å². The third-order valence-electron chi connectivity index (χ3n) is 3.05. The monoisotopic (exact) mass is 328 g/mol. The summed E-state index contributed by atoms with van der Waals surface area (Å²) in [5, 5.41) is 17.5. The number of hydrogen-bond donors (Lipinski definition) is 2. The van der Waals surface area contributed by atoms with Crippen LogP contribution in [0, 0.1) is 10.1 Å². The Bertz CT molecular complexity index is 761. The number of amides is 1. The summed E-state index contributed by atoms with van der Waals surface area (Å²) in [4.78, 5) is 22.1. The van der Waals surface area contributed by atoms with Crippen LogP contribution in [0.25, 0.3) is 0 Å². The highest BCUT2D eigenvalue weighted by molar-refractivity contribution is 5.87. The lowest BCUT2D eigenvalue weighted by molar-refractivity contribution is -0.385. The van der Waals surface area contributed by atoms with Gasteiger partial charge < -0.3 is 10.1 Å². The standard InChI is InChI=1S/C16H16N4O4/c1-24-14-7-4-6-13(9-14)17-11-16(21)19-18-10-12-5-2-3-8-15(12)20(22)23/h2-10,17H,11H2,1H3,(H,19,21)/b18-10-. The average Bonchev–Trinajstić information content (AvgIpc) is 2.60. The molecule has 2 aromatic carbocycles. The zero-order valence-corrected chi connectivity index (χ0v) is 12.9. The van der Waals surface area contributed by atoms with E-state index in [1.54, 1.807) is 49.6 Å². The molecule has 0 heterocycles. The second kappa shape index (κ2) is 8.28. The van der Waals surface area contributed by atoms with Crippen LogP contribution in [0.5, 0.6) is 5.75 Å². The molecule has 0 radical (unpaired) electrons. The molecule has 8 heteroatoms. The van der Waals surface area contributed by atoms with Gasteiger partial charge in [0.2, 0.25) is 0 Å². The number of carbonyl (C=O) groups is 1. The van der Waals surface area contributed by atoms with Gasteiger partial charge in [-0.05, 0) is 18.2 Å². The molecular formula is C16H16N4O4. The lowest BCUT2D eigenvalue weighted by atomic mass is 10.2. The number of nitrogens with zero attached hydrogens (tertiary/aromatic N) is 2. The molecule has 0 fully saturated rings. The fourth-order valence-electron chi connectivity index (χ4n) is 1.89. The number of nitro groups is 1. The molecule has 0 aliphatic carbocycles. The van der Waals surface area contributed by atoms with E-state index in [4.69, 9.17) is 4.74 Å². The normalized spacial score (nSPS) is 10.4. The molecule has 0 bridgehead atoms. The van der Waals surface area contributed by atoms with E-state index in [-0.39, 0.29) is 18.1 Å². The molecule has 2 rings (SSSR count). The van der Waals surface area contributed by atoms with Crippen LogP contribution in [-0.4, -0.2) is 30.7 Å². The predicted octanol–water partition coefficient (Wildman–Crippen LogP) is 2.17. The number of nitro benzene ring substituents is 1. The first-order valence-electron chi connectivity index (χ1n) is 7.03. The topological polar surface area (TPSA) is 106 Å². The van der Waals surface area contributed by atoms with Crippen molar-refractivity contribution in [3.8, 4) is 5.75 Å². The maximum atomic E-state index is 11.7. The van der Waals surface area contributed by atoms with Gasteiger partial charge in [0.25, 0.3) is 11.6 Å². The molecule has 1 amide bonds. The molecule has 0 saturated carbocycles. The highest BCUT2D eigenvalue weighted by Gasteiger charge is 2.10. The molecule has 8 nitrogen and oxygen atoms in total. The van der Waals surface area contributed by atoms with E-state index in [2.05, 4.69) is 15.8 Å². The zero-order chi connectivity index (χ0) is 17.4. The Kier molecular flexibility index (Phi) is 5.84. The van der Waals surface area contributed by atoms with Crippen molar-refractivity contribution in [3.05, 3.63) is 64.2 Å². The Labute approximate surface area is 138 Å². The van der Waals surface area contributed by atoms with Crippen molar-refractivity contribution in [2.45, 2.75) is 0 Å². The molecule has 0 aliphatic heterocycles. The minimum atomic E-state index is -0.506. The van der Waals surface area contributed by atoms with Gasteiger partial charge in [-0.15, -0.1) is 0 Å². The third-order valence-corrected chi connectivity index (χ3v) is 3.05. The summed E-state index contributed by atoms with van der Waals surface area (Å²) in [6, 6.07) is 13.3. The lowest BCUT2D eigenvalue weighted by Crippen LogP contribution is -2.25. The predicted molar refractivity (Wildman–Crippen MR) is 90.3 cm³/mol. The van der Waals surface area contributed by atoms with Crippen molar-refractivity contribution in [1.29, 1.82) is 0 Å². The highest BCUT2D eigenvalue weighted by atomic mass is 16.6. The van der Waals surface area contributed by atoms with Crippen LogP contribution < -0.4 is 15.5 Å². The van der Waals surface area contributed by atoms with Gasteiger partial charge in [-0.3, -0.25) is 14.9 Å². The number of carbonyl (C=O) groups excluding carboxylic acids is 1. The van der Waals surface area contributed by atoms with Gasteiger partial charge in [0.05, 0.1) is 30.4 Å². The van der Waals surface area contributed by atoms with Crippen molar-refractivity contribution in [1.82, 2.24) is 5.43 Å². The Morgan fingerprint density at radius 2 is 2.08 bits per heavy atom. The summed E-state index contributed by atoms with van der Waals surface area (Å²) < 4.78 is 5.09. The quantitative estimate of drug-likeness (QED) is 0.460. The van der Waals surface area contributed by atoms with Crippen molar-refractivity contribution in [2.75, 3.05) is 19.0 Å². The van der Waals surface area contributed by atoms with E-state index in [1.165, 1.54) is 12.3 Å². The molecule has 0 saturated heterocycles. The molecule has 0 unspecified atom stereocenters. The molecule has 0 aliphatic rings. The van der Waals surface area contributed by atoms with Crippen LogP contribution in [0.15, 0.2) is 53.6 Å². The highest BCUT2D eigenvalue weighted by Crippen LogP contribution is 2.16. The van der Waals surface area contributed by atoms with Crippen LogP contribution in [0.4, 0.5) is 11.4 Å². The number of nitrogens with one attached hydrogen (secondary N) is 2. The van der Waals surface area contributed by atoms with Crippen LogP contribution >= 0.6 is 0 Å². The summed E-state index contributed by atoms with van der Waals surface area (Å²) in [7, 11) is 1.56. The summed E-state index contributed by atoms with van der Waals surface area (Å²) in [6.45, 7) is 0.00138. The van der Waals surface area contributed by atoms with Gasteiger partial charge in [0.1, 0.15) is 5.75 Å². The number of anilines is 1. The van der Waals surface area contributed by atoms with Gasteiger partial charge in [0.15, 0.2) is 0 Å². The number of methoxy groups -OCH3 is 1. The third kappa shape index (κ3) is 4.80. The molecular weight excluding hydrogens is 312 g/mol. The van der Waals surface area contributed by atoms with Crippen molar-refractivity contribution in [3.63, 3.8) is 0 Å². The molecule has 0 atom stereocenters. The minimum absolute atomic E-state index is 0.00138. The maximum Gasteiger partial charge on any atom is 0.278 e. The van der Waals surface area contributed by atoms with E-state index in [9.17, 15) is 14.9 Å². The van der Waals surface area contributed by atoms with E-state index in [0.29, 0.717) is 11.3 Å². The molecule has 24 heavy (non-hydrogen) atoms. The first-order chi connectivity index (χ1) is 11.6. The largest absolute Gasteiger partial charge is 0.497 e. The molecule has 124 valence electrons. The lowest BCUT2D eigenvalue weighted by Gasteiger charge is -2.06. The van der Waals surface area contributed by atoms with Gasteiger partial charge in [0, 0.05) is 17.8 Å². The second-order valence-electron chi connectivity index (χ2n) is 4.69. The Morgan fingerprint density at radius 1 is 1.29 bits per heavy atom. The van der Waals surface area contributed by atoms with E-state index in [0.717, 1.165) is 5.69 Å². The fourth-order valence-corrected chi connectivity index (χ4v) is 1.89. The summed E-state index contributed by atoms with van der Waals surface area (Å²) in [5.41, 5.74) is 3.27. The SMILES string of the molecule is COc1cccc(NCC(=O)N/N=C\c2ccccc2[N+](=O)[O-])c1. The van der Waals surface area contributed by atoms with Gasteiger partial charge >= 0.3 is 0 Å². The number of ether oxygens (including phenoxy) is 1. The number of benzene rings is 2. The average molecular weight is 328 g/mol. The van der Waals surface area contributed by atoms with Crippen molar-refractivity contribution in [2.24, 2.45) is 5.10 Å². The number of rotatable bonds is 7. The summed E-state index contributed by atoms with van der Waals surface area (Å²) in [6.07, 6.45) is 1.24. The van der Waals surface area contributed by atoms with Gasteiger partial charge in [-0.2, -0.15) is 5.10 Å². The first-order valence-corrected chi connectivity index (χ1v) is 7.03. The smallest absolute Gasteiger partial charge is 0.278 e. The van der Waals surface area contributed by atoms with Gasteiger partial charge in [-0.1, -0.05) is 18.2 Å². The molecule has 2 aromatic rings. The molecule has 0 aromatic heterocycles. The van der Waals surface area contributed by atoms with Crippen molar-refractivity contribution < 1.29 is 14.5 Å². The minimum Gasteiger partial charge on any atom is -0.497 e. The zero-order valence-electron chi connectivity index (χ0n) is 12.9. The van der Waals surface area contributed by atoms with Crippen LogP contribution in [-0.2, 0) is 4.79 Å². The van der Waals surface area contributed by atoms with Gasteiger partial charge in [-0.25, -0.2) is 5.43 Å².